The third kappa shape index (κ3) is 3.09. The monoisotopic (exact) mass is 352 g/mol. The van der Waals surface area contributed by atoms with Crippen LogP contribution in [-0.2, 0) is 7.05 Å². The van der Waals surface area contributed by atoms with Gasteiger partial charge in [0.2, 0.25) is 0 Å². The Labute approximate surface area is 142 Å². The van der Waals surface area contributed by atoms with E-state index in [1.807, 2.05) is 12.1 Å². The molecule has 0 saturated carbocycles. The summed E-state index contributed by atoms with van der Waals surface area (Å²) in [7, 11) is 1.62. The summed E-state index contributed by atoms with van der Waals surface area (Å²) in [5, 5.41) is 4.85. The number of aryl methyl sites for hydroxylation is 1. The Morgan fingerprint density at radius 2 is 1.61 bits per heavy atom. The molecular weight excluding hydrogens is 341 g/mol. The Morgan fingerprint density at radius 1 is 0.957 bits per heavy atom. The van der Waals surface area contributed by atoms with E-state index < -0.39 is 6.43 Å². The van der Waals surface area contributed by atoms with E-state index in [2.05, 4.69) is 5.10 Å². The fraction of sp³-hybridized carbons (Fsp3) is 0.118. The number of benzene rings is 2. The van der Waals surface area contributed by atoms with Gasteiger partial charge in [0.05, 0.1) is 0 Å². The van der Waals surface area contributed by atoms with Crippen molar-refractivity contribution in [2.24, 2.45) is 7.05 Å². The average molecular weight is 353 g/mol. The zero-order valence-electron chi connectivity index (χ0n) is 12.1. The van der Waals surface area contributed by atoms with Crippen molar-refractivity contribution in [1.82, 2.24) is 9.78 Å². The molecule has 0 atom stereocenters. The first-order valence-corrected chi connectivity index (χ1v) is 7.59. The minimum atomic E-state index is -2.65. The van der Waals surface area contributed by atoms with Gasteiger partial charge in [-0.05, 0) is 23.3 Å². The summed E-state index contributed by atoms with van der Waals surface area (Å²) in [6.45, 7) is 0. The van der Waals surface area contributed by atoms with Crippen LogP contribution in [0.25, 0.3) is 22.3 Å². The van der Waals surface area contributed by atoms with Gasteiger partial charge in [-0.2, -0.15) is 5.10 Å². The van der Waals surface area contributed by atoms with Gasteiger partial charge in [-0.3, -0.25) is 4.68 Å². The lowest BCUT2D eigenvalue weighted by atomic mass is 9.95. The van der Waals surface area contributed by atoms with Crippen molar-refractivity contribution in [3.8, 4) is 22.3 Å². The van der Waals surface area contributed by atoms with Crippen LogP contribution in [0.5, 0.6) is 0 Å². The van der Waals surface area contributed by atoms with E-state index in [0.29, 0.717) is 21.2 Å². The molecular formula is C17H12Cl2F2N2. The molecule has 0 aliphatic rings. The molecule has 0 saturated heterocycles. The van der Waals surface area contributed by atoms with Crippen molar-refractivity contribution in [2.75, 3.05) is 0 Å². The fourth-order valence-corrected chi connectivity index (χ4v) is 3.05. The van der Waals surface area contributed by atoms with Gasteiger partial charge in [-0.1, -0.05) is 53.5 Å². The molecule has 0 radical (unpaired) electrons. The Kier molecular flexibility index (Phi) is 4.37. The number of hydrogen-bond donors (Lipinski definition) is 0. The van der Waals surface area contributed by atoms with Crippen molar-refractivity contribution >= 4 is 23.2 Å². The molecule has 23 heavy (non-hydrogen) atoms. The molecule has 1 aromatic heterocycles. The number of alkyl halides is 2. The lowest BCUT2D eigenvalue weighted by Crippen LogP contribution is -1.92. The van der Waals surface area contributed by atoms with E-state index in [9.17, 15) is 8.78 Å². The van der Waals surface area contributed by atoms with Gasteiger partial charge in [0.25, 0.3) is 6.43 Å². The van der Waals surface area contributed by atoms with Crippen LogP contribution in [0.3, 0.4) is 0 Å². The SMILES string of the molecule is Cn1cc(-c2ccccc2-c2ccc(Cl)cc2Cl)c(C(F)F)n1. The smallest absolute Gasteiger partial charge is 0.275 e. The molecule has 1 heterocycles. The number of rotatable bonds is 3. The predicted molar refractivity (Wildman–Crippen MR) is 89.1 cm³/mol. The molecule has 0 spiro atoms. The van der Waals surface area contributed by atoms with E-state index in [1.165, 1.54) is 4.68 Å². The molecule has 0 N–H and O–H groups in total. The fourth-order valence-electron chi connectivity index (χ4n) is 2.54. The number of hydrogen-bond acceptors (Lipinski definition) is 1. The summed E-state index contributed by atoms with van der Waals surface area (Å²) in [4.78, 5) is 0. The van der Waals surface area contributed by atoms with Crippen molar-refractivity contribution in [2.45, 2.75) is 6.43 Å². The summed E-state index contributed by atoms with van der Waals surface area (Å²) in [5.41, 5.74) is 2.29. The Morgan fingerprint density at radius 3 is 2.22 bits per heavy atom. The Balaban J connectivity index is 2.23. The molecule has 0 unspecified atom stereocenters. The standard InChI is InChI=1S/C17H12Cl2F2N2/c1-23-9-14(16(22-23)17(20)21)12-5-3-2-4-11(12)13-7-6-10(18)8-15(13)19/h2-9,17H,1H3. The molecule has 0 amide bonds. The molecule has 3 rings (SSSR count). The highest BCUT2D eigenvalue weighted by molar-refractivity contribution is 6.36. The highest BCUT2D eigenvalue weighted by atomic mass is 35.5. The highest BCUT2D eigenvalue weighted by Crippen LogP contribution is 2.39. The van der Waals surface area contributed by atoms with Gasteiger partial charge in [-0.15, -0.1) is 0 Å². The first-order chi connectivity index (χ1) is 11.0. The first-order valence-electron chi connectivity index (χ1n) is 6.84. The van der Waals surface area contributed by atoms with Crippen molar-refractivity contribution in [3.63, 3.8) is 0 Å². The van der Waals surface area contributed by atoms with Crippen LogP contribution in [0, 0.1) is 0 Å². The minimum Gasteiger partial charge on any atom is -0.275 e. The van der Waals surface area contributed by atoms with E-state index in [0.717, 1.165) is 11.1 Å². The molecule has 2 aromatic carbocycles. The maximum Gasteiger partial charge on any atom is 0.282 e. The van der Waals surface area contributed by atoms with Gasteiger partial charge in [-0.25, -0.2) is 8.78 Å². The summed E-state index contributed by atoms with van der Waals surface area (Å²) >= 11 is 12.2. The quantitative estimate of drug-likeness (QED) is 0.565. The first kappa shape index (κ1) is 16.0. The Hall–Kier alpha value is -1.91. The van der Waals surface area contributed by atoms with Crippen LogP contribution in [0.4, 0.5) is 8.78 Å². The van der Waals surface area contributed by atoms with Crippen LogP contribution >= 0.6 is 23.2 Å². The molecule has 0 aliphatic heterocycles. The van der Waals surface area contributed by atoms with Crippen LogP contribution in [-0.4, -0.2) is 9.78 Å². The van der Waals surface area contributed by atoms with Gasteiger partial charge in [0.1, 0.15) is 5.69 Å². The third-order valence-electron chi connectivity index (χ3n) is 3.50. The van der Waals surface area contributed by atoms with Crippen molar-refractivity contribution in [1.29, 1.82) is 0 Å². The van der Waals surface area contributed by atoms with Crippen molar-refractivity contribution < 1.29 is 8.78 Å². The summed E-state index contributed by atoms with van der Waals surface area (Å²) in [5.74, 6) is 0. The van der Waals surface area contributed by atoms with Gasteiger partial charge >= 0.3 is 0 Å². The van der Waals surface area contributed by atoms with E-state index in [1.54, 1.807) is 43.6 Å². The van der Waals surface area contributed by atoms with Crippen LogP contribution < -0.4 is 0 Å². The van der Waals surface area contributed by atoms with Crippen LogP contribution in [0.1, 0.15) is 12.1 Å². The van der Waals surface area contributed by atoms with Crippen molar-refractivity contribution in [3.05, 3.63) is 64.4 Å². The Bertz CT molecular complexity index is 860. The van der Waals surface area contributed by atoms with Gasteiger partial charge in [0, 0.05) is 34.4 Å². The van der Waals surface area contributed by atoms with E-state index in [-0.39, 0.29) is 5.69 Å². The maximum absolute atomic E-state index is 13.3. The zero-order valence-corrected chi connectivity index (χ0v) is 13.6. The summed E-state index contributed by atoms with van der Waals surface area (Å²) < 4.78 is 27.9. The second-order valence-corrected chi connectivity index (χ2v) is 5.92. The highest BCUT2D eigenvalue weighted by Gasteiger charge is 2.21. The zero-order chi connectivity index (χ0) is 16.6. The number of nitrogens with zero attached hydrogens (tertiary/aromatic N) is 2. The second kappa shape index (κ2) is 6.30. The van der Waals surface area contributed by atoms with Crippen LogP contribution in [0.15, 0.2) is 48.7 Å². The predicted octanol–water partition coefficient (Wildman–Crippen LogP) is 6.00. The van der Waals surface area contributed by atoms with Gasteiger partial charge < -0.3 is 0 Å². The van der Waals surface area contributed by atoms with E-state index in [4.69, 9.17) is 23.2 Å². The lowest BCUT2D eigenvalue weighted by Gasteiger charge is -2.11. The van der Waals surface area contributed by atoms with Gasteiger partial charge in [0.15, 0.2) is 0 Å². The largest absolute Gasteiger partial charge is 0.282 e. The molecule has 0 bridgehead atoms. The molecule has 6 heteroatoms. The van der Waals surface area contributed by atoms with E-state index >= 15 is 0 Å². The molecule has 118 valence electrons. The maximum atomic E-state index is 13.3. The lowest BCUT2D eigenvalue weighted by molar-refractivity contribution is 0.146. The van der Waals surface area contributed by atoms with Crippen LogP contribution in [0.2, 0.25) is 10.0 Å². The summed E-state index contributed by atoms with van der Waals surface area (Å²) in [6.07, 6.45) is -1.07. The average Bonchev–Trinajstić information content (AvgIpc) is 2.89. The number of halogens is 4. The molecule has 3 aromatic rings. The third-order valence-corrected chi connectivity index (χ3v) is 4.05. The normalized spacial score (nSPS) is 11.2. The summed E-state index contributed by atoms with van der Waals surface area (Å²) in [6, 6.07) is 12.4. The second-order valence-electron chi connectivity index (χ2n) is 5.07. The minimum absolute atomic E-state index is 0.245. The number of aromatic nitrogens is 2. The topological polar surface area (TPSA) is 17.8 Å². The molecule has 0 aliphatic carbocycles. The molecule has 0 fully saturated rings. The molecule has 2 nitrogen and oxygen atoms in total.